The van der Waals surface area contributed by atoms with Gasteiger partial charge in [0.15, 0.2) is 5.96 Å². The van der Waals surface area contributed by atoms with Crippen molar-refractivity contribution in [3.8, 4) is 0 Å². The summed E-state index contributed by atoms with van der Waals surface area (Å²) in [6.07, 6.45) is 2.69. The van der Waals surface area contributed by atoms with Crippen LogP contribution in [0, 0.1) is 5.92 Å². The molecule has 3 N–H and O–H groups in total. The summed E-state index contributed by atoms with van der Waals surface area (Å²) >= 11 is 0. The molecule has 1 amide bonds. The van der Waals surface area contributed by atoms with Gasteiger partial charge in [-0.3, -0.25) is 9.89 Å². The molecule has 0 saturated carbocycles. The van der Waals surface area contributed by atoms with Gasteiger partial charge < -0.3 is 20.7 Å². The maximum atomic E-state index is 11.8. The zero-order valence-corrected chi connectivity index (χ0v) is 19.0. The number of piperidine rings is 1. The van der Waals surface area contributed by atoms with Gasteiger partial charge in [0, 0.05) is 45.3 Å². The first kappa shape index (κ1) is 24.0. The van der Waals surface area contributed by atoms with Crippen LogP contribution in [0.25, 0.3) is 0 Å². The number of nitrogens with zero attached hydrogens (tertiary/aromatic N) is 2. The number of guanidine groups is 1. The second kappa shape index (κ2) is 13.1. The van der Waals surface area contributed by atoms with Gasteiger partial charge in [0.2, 0.25) is 0 Å². The topological polar surface area (TPSA) is 78.0 Å². The van der Waals surface area contributed by atoms with Crippen molar-refractivity contribution in [2.75, 3.05) is 33.3 Å². The Labute approximate surface area is 181 Å². The van der Waals surface area contributed by atoms with Crippen LogP contribution in [0.4, 0.5) is 4.79 Å². The van der Waals surface area contributed by atoms with Crippen LogP contribution in [-0.2, 0) is 11.3 Å². The lowest BCUT2D eigenvalue weighted by atomic mass is 10.0. The van der Waals surface area contributed by atoms with Gasteiger partial charge in [0.25, 0.3) is 0 Å². The van der Waals surface area contributed by atoms with Crippen LogP contribution in [0.2, 0.25) is 0 Å². The standard InChI is InChI=1S/C23H39N5O2/c1-5-30-23(29)27-21(15-18(2)3)16-25-22(24-4)26-20-11-13-28(14-12-20)17-19-9-7-6-8-10-19/h6-10,18,20-21H,5,11-17H2,1-4H3,(H,27,29)(H2,24,25,26). The minimum Gasteiger partial charge on any atom is -0.450 e. The lowest BCUT2D eigenvalue weighted by Gasteiger charge is -2.33. The van der Waals surface area contributed by atoms with Crippen LogP contribution in [0.5, 0.6) is 0 Å². The van der Waals surface area contributed by atoms with Crippen molar-refractivity contribution < 1.29 is 9.53 Å². The van der Waals surface area contributed by atoms with Crippen LogP contribution in [0.1, 0.15) is 45.6 Å². The molecule has 1 aromatic carbocycles. The maximum absolute atomic E-state index is 11.8. The summed E-state index contributed by atoms with van der Waals surface area (Å²) in [5.41, 5.74) is 1.37. The van der Waals surface area contributed by atoms with Gasteiger partial charge in [-0.15, -0.1) is 0 Å². The molecule has 0 bridgehead atoms. The molecule has 1 heterocycles. The molecule has 0 spiro atoms. The zero-order valence-electron chi connectivity index (χ0n) is 19.0. The summed E-state index contributed by atoms with van der Waals surface area (Å²) in [7, 11) is 1.79. The largest absolute Gasteiger partial charge is 0.450 e. The Morgan fingerprint density at radius 2 is 1.93 bits per heavy atom. The number of alkyl carbamates (subject to hydrolysis) is 1. The fourth-order valence-electron chi connectivity index (χ4n) is 3.79. The molecule has 1 aromatic rings. The first-order chi connectivity index (χ1) is 14.5. The summed E-state index contributed by atoms with van der Waals surface area (Å²) in [4.78, 5) is 18.7. The summed E-state index contributed by atoms with van der Waals surface area (Å²) < 4.78 is 5.03. The smallest absolute Gasteiger partial charge is 0.407 e. The number of nitrogens with one attached hydrogen (secondary N) is 3. The first-order valence-electron chi connectivity index (χ1n) is 11.2. The highest BCUT2D eigenvalue weighted by Crippen LogP contribution is 2.14. The number of hydrogen-bond donors (Lipinski definition) is 3. The van der Waals surface area contributed by atoms with E-state index in [9.17, 15) is 4.79 Å². The number of carbonyl (C=O) groups excluding carboxylic acids is 1. The van der Waals surface area contributed by atoms with E-state index in [1.807, 2.05) is 6.92 Å². The van der Waals surface area contributed by atoms with Gasteiger partial charge in [0.05, 0.1) is 6.61 Å². The highest BCUT2D eigenvalue weighted by molar-refractivity contribution is 5.80. The van der Waals surface area contributed by atoms with Crippen molar-refractivity contribution in [2.24, 2.45) is 10.9 Å². The minimum absolute atomic E-state index is 0.00433. The predicted octanol–water partition coefficient (Wildman–Crippen LogP) is 2.98. The minimum atomic E-state index is -0.362. The molecule has 0 radical (unpaired) electrons. The SMILES string of the molecule is CCOC(=O)NC(CNC(=NC)NC1CCN(Cc2ccccc2)CC1)CC(C)C. The molecule has 1 fully saturated rings. The molecule has 7 heteroatoms. The van der Waals surface area contributed by atoms with Crippen LogP contribution in [0.3, 0.4) is 0 Å². The third-order valence-electron chi connectivity index (χ3n) is 5.27. The summed E-state index contributed by atoms with van der Waals surface area (Å²) in [5, 5.41) is 9.87. The van der Waals surface area contributed by atoms with E-state index in [2.05, 4.69) is 70.0 Å². The first-order valence-corrected chi connectivity index (χ1v) is 11.2. The third-order valence-corrected chi connectivity index (χ3v) is 5.27. The van der Waals surface area contributed by atoms with E-state index in [-0.39, 0.29) is 12.1 Å². The molecule has 7 nitrogen and oxygen atoms in total. The van der Waals surface area contributed by atoms with E-state index in [1.165, 1.54) is 5.56 Å². The summed E-state index contributed by atoms with van der Waals surface area (Å²) in [6.45, 7) is 10.3. The summed E-state index contributed by atoms with van der Waals surface area (Å²) in [5.74, 6) is 1.26. The third kappa shape index (κ3) is 9.03. The molecule has 1 saturated heterocycles. The molecule has 168 valence electrons. The number of rotatable bonds is 9. The molecular formula is C23H39N5O2. The second-order valence-corrected chi connectivity index (χ2v) is 8.32. The Hall–Kier alpha value is -2.28. The van der Waals surface area contributed by atoms with Crippen molar-refractivity contribution in [2.45, 2.75) is 58.7 Å². The summed E-state index contributed by atoms with van der Waals surface area (Å²) in [6, 6.07) is 11.0. The van der Waals surface area contributed by atoms with Gasteiger partial charge in [-0.1, -0.05) is 44.2 Å². The molecular weight excluding hydrogens is 378 g/mol. The van der Waals surface area contributed by atoms with Crippen LogP contribution < -0.4 is 16.0 Å². The van der Waals surface area contributed by atoms with Gasteiger partial charge in [0.1, 0.15) is 0 Å². The molecule has 2 rings (SSSR count). The number of benzene rings is 1. The Kier molecular flexibility index (Phi) is 10.5. The molecule has 1 unspecified atom stereocenters. The monoisotopic (exact) mass is 417 g/mol. The van der Waals surface area contributed by atoms with Crippen LogP contribution in [-0.4, -0.2) is 62.3 Å². The number of likely N-dealkylation sites (tertiary alicyclic amines) is 1. The average Bonchev–Trinajstić information content (AvgIpc) is 2.72. The Morgan fingerprint density at radius 3 is 2.53 bits per heavy atom. The molecule has 0 aliphatic carbocycles. The second-order valence-electron chi connectivity index (χ2n) is 8.32. The van der Waals surface area contributed by atoms with E-state index in [0.717, 1.165) is 44.9 Å². The van der Waals surface area contributed by atoms with E-state index in [4.69, 9.17) is 4.74 Å². The maximum Gasteiger partial charge on any atom is 0.407 e. The number of ether oxygens (including phenoxy) is 1. The highest BCUT2D eigenvalue weighted by atomic mass is 16.5. The van der Waals surface area contributed by atoms with Crippen LogP contribution in [0.15, 0.2) is 35.3 Å². The Bertz CT molecular complexity index is 642. The van der Waals surface area contributed by atoms with Gasteiger partial charge in [-0.05, 0) is 37.7 Å². The number of carbonyl (C=O) groups is 1. The highest BCUT2D eigenvalue weighted by Gasteiger charge is 2.21. The van der Waals surface area contributed by atoms with Crippen molar-refractivity contribution in [1.82, 2.24) is 20.9 Å². The number of aliphatic imine (C=N–C) groups is 1. The quantitative estimate of drug-likeness (QED) is 0.425. The average molecular weight is 418 g/mol. The molecule has 1 aliphatic heterocycles. The molecule has 1 atom stereocenters. The van der Waals surface area contributed by atoms with Gasteiger partial charge in [-0.25, -0.2) is 4.79 Å². The van der Waals surface area contributed by atoms with Gasteiger partial charge >= 0.3 is 6.09 Å². The van der Waals surface area contributed by atoms with Crippen molar-refractivity contribution >= 4 is 12.1 Å². The fraction of sp³-hybridized carbons (Fsp3) is 0.652. The number of hydrogen-bond acceptors (Lipinski definition) is 4. The van der Waals surface area contributed by atoms with E-state index < -0.39 is 0 Å². The number of amides is 1. The van der Waals surface area contributed by atoms with E-state index in [0.29, 0.717) is 25.1 Å². The molecule has 1 aliphatic rings. The van der Waals surface area contributed by atoms with Gasteiger partial charge in [-0.2, -0.15) is 0 Å². The van der Waals surface area contributed by atoms with Crippen molar-refractivity contribution in [3.63, 3.8) is 0 Å². The normalized spacial score (nSPS) is 16.9. The lowest BCUT2D eigenvalue weighted by molar-refractivity contribution is 0.146. The van der Waals surface area contributed by atoms with E-state index in [1.54, 1.807) is 7.05 Å². The van der Waals surface area contributed by atoms with E-state index >= 15 is 0 Å². The molecule has 30 heavy (non-hydrogen) atoms. The zero-order chi connectivity index (χ0) is 21.8. The Balaban J connectivity index is 1.76. The van der Waals surface area contributed by atoms with Crippen molar-refractivity contribution in [3.05, 3.63) is 35.9 Å². The lowest BCUT2D eigenvalue weighted by Crippen LogP contribution is -2.51. The molecule has 0 aromatic heterocycles. The van der Waals surface area contributed by atoms with Crippen LogP contribution >= 0.6 is 0 Å². The van der Waals surface area contributed by atoms with Crippen molar-refractivity contribution in [1.29, 1.82) is 0 Å². The predicted molar refractivity (Wildman–Crippen MR) is 123 cm³/mol. The fourth-order valence-corrected chi connectivity index (χ4v) is 3.79. The Morgan fingerprint density at radius 1 is 1.23 bits per heavy atom.